The smallest absolute Gasteiger partial charge is 0.216 e. The third-order valence-corrected chi connectivity index (χ3v) is 2.79. The van der Waals surface area contributed by atoms with E-state index in [4.69, 9.17) is 0 Å². The van der Waals surface area contributed by atoms with E-state index in [1.807, 2.05) is 30.5 Å². The summed E-state index contributed by atoms with van der Waals surface area (Å²) in [6, 6.07) is 7.94. The van der Waals surface area contributed by atoms with Crippen molar-refractivity contribution in [2.75, 3.05) is 6.54 Å². The van der Waals surface area contributed by atoms with E-state index in [0.717, 1.165) is 22.9 Å². The molecule has 0 bridgehead atoms. The molecule has 2 rings (SSSR count). The van der Waals surface area contributed by atoms with Crippen LogP contribution in [-0.2, 0) is 17.9 Å². The van der Waals surface area contributed by atoms with Crippen LogP contribution in [0.15, 0.2) is 30.5 Å². The summed E-state index contributed by atoms with van der Waals surface area (Å²) in [5.74, 6) is -0.0177. The number of rotatable bonds is 4. The molecule has 0 aliphatic rings. The van der Waals surface area contributed by atoms with Gasteiger partial charge >= 0.3 is 0 Å². The molecule has 1 aromatic carbocycles. The molecule has 0 aliphatic heterocycles. The van der Waals surface area contributed by atoms with Crippen molar-refractivity contribution >= 4 is 16.8 Å². The van der Waals surface area contributed by atoms with Crippen LogP contribution in [0.3, 0.4) is 0 Å². The van der Waals surface area contributed by atoms with Gasteiger partial charge in [0.25, 0.3) is 0 Å². The van der Waals surface area contributed by atoms with Crippen molar-refractivity contribution in [3.8, 4) is 0 Å². The molecular formula is C13H16N2O2. The van der Waals surface area contributed by atoms with Crippen LogP contribution in [0.2, 0.25) is 0 Å². The molecule has 4 nitrogen and oxygen atoms in total. The van der Waals surface area contributed by atoms with Crippen molar-refractivity contribution in [1.29, 1.82) is 0 Å². The van der Waals surface area contributed by atoms with Crippen molar-refractivity contribution in [1.82, 2.24) is 9.88 Å². The summed E-state index contributed by atoms with van der Waals surface area (Å²) >= 11 is 0. The second-order valence-electron chi connectivity index (χ2n) is 4.02. The van der Waals surface area contributed by atoms with Gasteiger partial charge in [0.05, 0.1) is 5.52 Å². The van der Waals surface area contributed by atoms with E-state index < -0.39 is 0 Å². The van der Waals surface area contributed by atoms with Gasteiger partial charge in [0.15, 0.2) is 0 Å². The first-order valence-corrected chi connectivity index (χ1v) is 5.64. The molecule has 0 saturated carbocycles. The van der Waals surface area contributed by atoms with Crippen LogP contribution in [0.5, 0.6) is 0 Å². The fraction of sp³-hybridized carbons (Fsp3) is 0.308. The van der Waals surface area contributed by atoms with Crippen molar-refractivity contribution in [3.05, 3.63) is 36.0 Å². The predicted molar refractivity (Wildman–Crippen MR) is 66.5 cm³/mol. The maximum absolute atomic E-state index is 10.8. The summed E-state index contributed by atoms with van der Waals surface area (Å²) in [7, 11) is 0. The molecule has 0 unspecified atom stereocenters. The molecule has 1 heterocycles. The third kappa shape index (κ3) is 2.47. The van der Waals surface area contributed by atoms with Gasteiger partial charge in [0.1, 0.15) is 6.73 Å². The molecule has 1 amide bonds. The molecule has 0 aliphatic carbocycles. The number of fused-ring (bicyclic) bond motifs is 1. The second-order valence-corrected chi connectivity index (χ2v) is 4.02. The van der Waals surface area contributed by atoms with E-state index in [0.29, 0.717) is 6.54 Å². The molecule has 2 aromatic rings. The number of hydrogen-bond acceptors (Lipinski definition) is 2. The summed E-state index contributed by atoms with van der Waals surface area (Å²) in [4.78, 5) is 10.8. The molecule has 0 saturated heterocycles. The fourth-order valence-corrected chi connectivity index (χ4v) is 2.01. The largest absolute Gasteiger partial charge is 0.376 e. The van der Waals surface area contributed by atoms with E-state index in [1.54, 1.807) is 4.57 Å². The van der Waals surface area contributed by atoms with Crippen molar-refractivity contribution in [2.24, 2.45) is 0 Å². The van der Waals surface area contributed by atoms with Crippen LogP contribution in [0.1, 0.15) is 12.5 Å². The van der Waals surface area contributed by atoms with Crippen LogP contribution in [0.25, 0.3) is 10.9 Å². The standard InChI is InChI=1S/C13H16N2O2/c1-10(17)14-7-6-11-8-15(9-16)13-5-3-2-4-12(11)13/h2-5,8,16H,6-7,9H2,1H3,(H,14,17). The number of carbonyl (C=O) groups is 1. The van der Waals surface area contributed by atoms with Crippen LogP contribution in [0, 0.1) is 0 Å². The van der Waals surface area contributed by atoms with Gasteiger partial charge in [-0.1, -0.05) is 18.2 Å². The lowest BCUT2D eigenvalue weighted by molar-refractivity contribution is -0.118. The molecule has 90 valence electrons. The van der Waals surface area contributed by atoms with Crippen LogP contribution < -0.4 is 5.32 Å². The lowest BCUT2D eigenvalue weighted by Gasteiger charge is -2.00. The molecule has 2 N–H and O–H groups in total. The Bertz CT molecular complexity index is 531. The van der Waals surface area contributed by atoms with Gasteiger partial charge in [0.2, 0.25) is 5.91 Å². The highest BCUT2D eigenvalue weighted by Crippen LogP contribution is 2.21. The number of benzene rings is 1. The van der Waals surface area contributed by atoms with Crippen molar-refractivity contribution < 1.29 is 9.90 Å². The maximum Gasteiger partial charge on any atom is 0.216 e. The second kappa shape index (κ2) is 5.01. The highest BCUT2D eigenvalue weighted by molar-refractivity contribution is 5.84. The summed E-state index contributed by atoms with van der Waals surface area (Å²) in [5, 5.41) is 13.2. The highest BCUT2D eigenvalue weighted by Gasteiger charge is 2.06. The van der Waals surface area contributed by atoms with Crippen molar-refractivity contribution in [3.63, 3.8) is 0 Å². The van der Waals surface area contributed by atoms with Gasteiger partial charge in [-0.15, -0.1) is 0 Å². The molecular weight excluding hydrogens is 216 g/mol. The van der Waals surface area contributed by atoms with E-state index in [9.17, 15) is 9.90 Å². The normalized spacial score (nSPS) is 10.7. The SMILES string of the molecule is CC(=O)NCCc1cn(CO)c2ccccc12. The minimum absolute atomic E-state index is 0.0177. The molecule has 0 radical (unpaired) electrons. The zero-order chi connectivity index (χ0) is 12.3. The van der Waals surface area contributed by atoms with Gasteiger partial charge < -0.3 is 15.0 Å². The Morgan fingerprint density at radius 2 is 2.18 bits per heavy atom. The molecule has 4 heteroatoms. The van der Waals surface area contributed by atoms with Gasteiger partial charge in [-0.3, -0.25) is 4.79 Å². The average molecular weight is 232 g/mol. The summed E-state index contributed by atoms with van der Waals surface area (Å²) in [5.41, 5.74) is 2.16. The zero-order valence-corrected chi connectivity index (χ0v) is 9.81. The Balaban J connectivity index is 2.24. The predicted octanol–water partition coefficient (Wildman–Crippen LogP) is 1.27. The van der Waals surface area contributed by atoms with Gasteiger partial charge in [-0.25, -0.2) is 0 Å². The Kier molecular flexibility index (Phi) is 3.44. The molecule has 0 spiro atoms. The maximum atomic E-state index is 10.8. The minimum atomic E-state index is -0.0271. The van der Waals surface area contributed by atoms with Gasteiger partial charge in [-0.2, -0.15) is 0 Å². The number of nitrogens with one attached hydrogen (secondary N) is 1. The number of hydrogen-bond donors (Lipinski definition) is 2. The third-order valence-electron chi connectivity index (χ3n) is 2.79. The van der Waals surface area contributed by atoms with E-state index >= 15 is 0 Å². The summed E-state index contributed by atoms with van der Waals surface area (Å²) < 4.78 is 1.80. The topological polar surface area (TPSA) is 54.3 Å². The first kappa shape index (κ1) is 11.7. The number of aliphatic hydroxyl groups excluding tert-OH is 1. The lowest BCUT2D eigenvalue weighted by atomic mass is 10.1. The number of amides is 1. The Hall–Kier alpha value is -1.81. The first-order valence-electron chi connectivity index (χ1n) is 5.64. The zero-order valence-electron chi connectivity index (χ0n) is 9.81. The van der Waals surface area contributed by atoms with Crippen molar-refractivity contribution in [2.45, 2.75) is 20.1 Å². The molecule has 0 fully saturated rings. The van der Waals surface area contributed by atoms with E-state index in [2.05, 4.69) is 5.32 Å². The monoisotopic (exact) mass is 232 g/mol. The molecule has 1 aromatic heterocycles. The quantitative estimate of drug-likeness (QED) is 0.834. The Morgan fingerprint density at radius 1 is 1.41 bits per heavy atom. The fourth-order valence-electron chi connectivity index (χ4n) is 2.01. The number of para-hydroxylation sites is 1. The highest BCUT2D eigenvalue weighted by atomic mass is 16.3. The first-order chi connectivity index (χ1) is 8.22. The van der Waals surface area contributed by atoms with Gasteiger partial charge in [0, 0.05) is 25.1 Å². The number of nitrogens with zero attached hydrogens (tertiary/aromatic N) is 1. The molecule has 17 heavy (non-hydrogen) atoms. The van der Waals surface area contributed by atoms with E-state index in [-0.39, 0.29) is 12.6 Å². The van der Waals surface area contributed by atoms with Crippen LogP contribution in [0.4, 0.5) is 0 Å². The summed E-state index contributed by atoms with van der Waals surface area (Å²) in [6.07, 6.45) is 2.71. The van der Waals surface area contributed by atoms with E-state index in [1.165, 1.54) is 6.92 Å². The minimum Gasteiger partial charge on any atom is -0.376 e. The number of aliphatic hydroxyl groups is 1. The van der Waals surface area contributed by atoms with Crippen LogP contribution >= 0.6 is 0 Å². The Morgan fingerprint density at radius 3 is 2.88 bits per heavy atom. The molecule has 0 atom stereocenters. The number of aromatic nitrogens is 1. The summed E-state index contributed by atoms with van der Waals surface area (Å²) in [6.45, 7) is 2.10. The Labute approximate surface area is 99.9 Å². The van der Waals surface area contributed by atoms with Crippen LogP contribution in [-0.4, -0.2) is 22.1 Å². The lowest BCUT2D eigenvalue weighted by Crippen LogP contribution is -2.22. The van der Waals surface area contributed by atoms with Gasteiger partial charge in [-0.05, 0) is 18.1 Å². The average Bonchev–Trinajstić information content (AvgIpc) is 2.68. The number of carbonyl (C=O) groups excluding carboxylic acids is 1.